The molecular weight excluding hydrogens is 283 g/mol. The van der Waals surface area contributed by atoms with Gasteiger partial charge in [-0.1, -0.05) is 0 Å². The Morgan fingerprint density at radius 1 is 1.41 bits per heavy atom. The van der Waals surface area contributed by atoms with Gasteiger partial charge in [0.25, 0.3) is 0 Å². The maximum atomic E-state index is 13.3. The third-order valence-corrected chi connectivity index (χ3v) is 3.72. The SMILES string of the molecule is Cc1cc(F)c(Br)cc1-n1cnc(C2CC2)c1. The quantitative estimate of drug-likeness (QED) is 0.820. The lowest BCUT2D eigenvalue weighted by molar-refractivity contribution is 0.619. The highest BCUT2D eigenvalue weighted by molar-refractivity contribution is 9.10. The van der Waals surface area contributed by atoms with Gasteiger partial charge in [-0.25, -0.2) is 9.37 Å². The molecule has 0 radical (unpaired) electrons. The van der Waals surface area contributed by atoms with Crippen LogP contribution >= 0.6 is 15.9 Å². The van der Waals surface area contributed by atoms with Crippen molar-refractivity contribution in [3.63, 3.8) is 0 Å². The van der Waals surface area contributed by atoms with Crippen molar-refractivity contribution in [3.05, 3.63) is 46.2 Å². The molecule has 1 saturated carbocycles. The lowest BCUT2D eigenvalue weighted by Gasteiger charge is -2.07. The van der Waals surface area contributed by atoms with Gasteiger partial charge in [0.2, 0.25) is 0 Å². The summed E-state index contributed by atoms with van der Waals surface area (Å²) in [6.45, 7) is 1.90. The summed E-state index contributed by atoms with van der Waals surface area (Å²) in [5, 5.41) is 0. The first-order chi connectivity index (χ1) is 8.15. The van der Waals surface area contributed by atoms with Crippen LogP contribution in [-0.4, -0.2) is 9.55 Å². The summed E-state index contributed by atoms with van der Waals surface area (Å²) in [4.78, 5) is 4.40. The Balaban J connectivity index is 2.04. The van der Waals surface area contributed by atoms with E-state index in [0.29, 0.717) is 10.4 Å². The average molecular weight is 295 g/mol. The zero-order valence-electron chi connectivity index (χ0n) is 9.45. The van der Waals surface area contributed by atoms with Crippen molar-refractivity contribution in [1.29, 1.82) is 0 Å². The van der Waals surface area contributed by atoms with Crippen LogP contribution in [0.1, 0.15) is 30.0 Å². The molecule has 1 heterocycles. The van der Waals surface area contributed by atoms with Gasteiger partial charge in [-0.3, -0.25) is 0 Å². The summed E-state index contributed by atoms with van der Waals surface area (Å²) in [6.07, 6.45) is 6.33. The summed E-state index contributed by atoms with van der Waals surface area (Å²) in [5.41, 5.74) is 3.02. The van der Waals surface area contributed by atoms with E-state index < -0.39 is 0 Å². The maximum absolute atomic E-state index is 13.3. The second-order valence-corrected chi connectivity index (χ2v) is 5.39. The van der Waals surface area contributed by atoms with E-state index in [1.54, 1.807) is 12.4 Å². The molecule has 88 valence electrons. The molecule has 4 heteroatoms. The lowest BCUT2D eigenvalue weighted by atomic mass is 10.2. The normalized spacial score (nSPS) is 15.2. The zero-order chi connectivity index (χ0) is 12.0. The molecule has 1 fully saturated rings. The first-order valence-electron chi connectivity index (χ1n) is 5.65. The highest BCUT2D eigenvalue weighted by atomic mass is 79.9. The van der Waals surface area contributed by atoms with E-state index in [1.807, 2.05) is 17.7 Å². The van der Waals surface area contributed by atoms with Crippen LogP contribution < -0.4 is 0 Å². The van der Waals surface area contributed by atoms with Crippen molar-refractivity contribution < 1.29 is 4.39 Å². The standard InChI is InChI=1S/C13H12BrFN2/c1-8-4-11(15)10(14)5-13(8)17-6-12(16-7-17)9-2-3-9/h4-7,9H,2-3H2,1H3. The molecule has 0 unspecified atom stereocenters. The van der Waals surface area contributed by atoms with Gasteiger partial charge in [-0.2, -0.15) is 0 Å². The molecule has 1 aliphatic carbocycles. The number of imidazole rings is 1. The third kappa shape index (κ3) is 2.02. The zero-order valence-corrected chi connectivity index (χ0v) is 11.0. The van der Waals surface area contributed by atoms with E-state index in [0.717, 1.165) is 16.9 Å². The van der Waals surface area contributed by atoms with Gasteiger partial charge in [0.1, 0.15) is 5.82 Å². The number of halogens is 2. The molecular formula is C13H12BrFN2. The minimum absolute atomic E-state index is 0.228. The Bertz CT molecular complexity index is 573. The minimum Gasteiger partial charge on any atom is -0.306 e. The van der Waals surface area contributed by atoms with Crippen LogP contribution in [0.5, 0.6) is 0 Å². The van der Waals surface area contributed by atoms with Gasteiger partial charge in [0.05, 0.1) is 22.2 Å². The smallest absolute Gasteiger partial charge is 0.137 e. The fraction of sp³-hybridized carbons (Fsp3) is 0.308. The van der Waals surface area contributed by atoms with Crippen LogP contribution in [0.15, 0.2) is 29.1 Å². The molecule has 0 saturated heterocycles. The van der Waals surface area contributed by atoms with Crippen LogP contribution in [0.3, 0.4) is 0 Å². The predicted molar refractivity (Wildman–Crippen MR) is 67.9 cm³/mol. The molecule has 2 aromatic rings. The van der Waals surface area contributed by atoms with Gasteiger partial charge >= 0.3 is 0 Å². The Labute approximate surface area is 108 Å². The van der Waals surface area contributed by atoms with E-state index in [2.05, 4.69) is 20.9 Å². The summed E-state index contributed by atoms with van der Waals surface area (Å²) in [5.74, 6) is 0.411. The third-order valence-electron chi connectivity index (χ3n) is 3.12. The number of benzene rings is 1. The molecule has 1 aromatic carbocycles. The van der Waals surface area contributed by atoms with Gasteiger partial charge in [0, 0.05) is 12.1 Å². The number of rotatable bonds is 2. The number of aryl methyl sites for hydroxylation is 1. The number of aromatic nitrogens is 2. The second-order valence-electron chi connectivity index (χ2n) is 4.53. The topological polar surface area (TPSA) is 17.8 Å². The number of hydrogen-bond donors (Lipinski definition) is 0. The largest absolute Gasteiger partial charge is 0.306 e. The molecule has 1 aromatic heterocycles. The predicted octanol–water partition coefficient (Wildman–Crippen LogP) is 3.96. The molecule has 0 aliphatic heterocycles. The molecule has 0 amide bonds. The van der Waals surface area contributed by atoms with Crippen LogP contribution in [0.25, 0.3) is 5.69 Å². The van der Waals surface area contributed by atoms with Crippen molar-refractivity contribution in [2.24, 2.45) is 0 Å². The summed E-state index contributed by atoms with van der Waals surface area (Å²) in [6, 6.07) is 3.33. The van der Waals surface area contributed by atoms with Crippen LogP contribution in [0.4, 0.5) is 4.39 Å². The Kier molecular flexibility index (Phi) is 2.54. The Hall–Kier alpha value is -1.16. The van der Waals surface area contributed by atoms with E-state index in [4.69, 9.17) is 0 Å². The van der Waals surface area contributed by atoms with Crippen molar-refractivity contribution in [2.75, 3.05) is 0 Å². The molecule has 0 atom stereocenters. The molecule has 3 rings (SSSR count). The van der Waals surface area contributed by atoms with E-state index in [9.17, 15) is 4.39 Å². The highest BCUT2D eigenvalue weighted by Crippen LogP contribution is 2.39. The van der Waals surface area contributed by atoms with E-state index in [-0.39, 0.29) is 5.82 Å². The maximum Gasteiger partial charge on any atom is 0.137 e. The van der Waals surface area contributed by atoms with Crippen molar-refractivity contribution in [2.45, 2.75) is 25.7 Å². The summed E-state index contributed by atoms with van der Waals surface area (Å²) >= 11 is 3.22. The van der Waals surface area contributed by atoms with Gasteiger partial charge in [0.15, 0.2) is 0 Å². The monoisotopic (exact) mass is 294 g/mol. The Morgan fingerprint density at radius 2 is 2.18 bits per heavy atom. The van der Waals surface area contributed by atoms with Crippen LogP contribution in [0.2, 0.25) is 0 Å². The molecule has 1 aliphatic rings. The Morgan fingerprint density at radius 3 is 2.88 bits per heavy atom. The average Bonchev–Trinajstić information content (AvgIpc) is 3.03. The molecule has 0 spiro atoms. The fourth-order valence-corrected chi connectivity index (χ4v) is 2.30. The van der Waals surface area contributed by atoms with Crippen molar-refractivity contribution in [3.8, 4) is 5.69 Å². The van der Waals surface area contributed by atoms with Crippen molar-refractivity contribution in [1.82, 2.24) is 9.55 Å². The fourth-order valence-electron chi connectivity index (χ4n) is 1.97. The van der Waals surface area contributed by atoms with Gasteiger partial charge < -0.3 is 4.57 Å². The summed E-state index contributed by atoms with van der Waals surface area (Å²) < 4.78 is 15.8. The van der Waals surface area contributed by atoms with Gasteiger partial charge in [-0.05, 0) is 53.4 Å². The van der Waals surface area contributed by atoms with Crippen LogP contribution in [-0.2, 0) is 0 Å². The first-order valence-corrected chi connectivity index (χ1v) is 6.44. The van der Waals surface area contributed by atoms with Crippen LogP contribution in [0, 0.1) is 12.7 Å². The van der Waals surface area contributed by atoms with E-state index in [1.165, 1.54) is 18.9 Å². The number of hydrogen-bond acceptors (Lipinski definition) is 1. The summed E-state index contributed by atoms with van der Waals surface area (Å²) in [7, 11) is 0. The molecule has 0 bridgehead atoms. The van der Waals surface area contributed by atoms with Crippen molar-refractivity contribution >= 4 is 15.9 Å². The minimum atomic E-state index is -0.228. The lowest BCUT2D eigenvalue weighted by Crippen LogP contribution is -1.95. The molecule has 0 N–H and O–H groups in total. The molecule has 17 heavy (non-hydrogen) atoms. The van der Waals surface area contributed by atoms with E-state index >= 15 is 0 Å². The second kappa shape index (κ2) is 3.95. The highest BCUT2D eigenvalue weighted by Gasteiger charge is 2.25. The number of nitrogens with zero attached hydrogens (tertiary/aromatic N) is 2. The molecule has 2 nitrogen and oxygen atoms in total. The van der Waals surface area contributed by atoms with Gasteiger partial charge in [-0.15, -0.1) is 0 Å². The first kappa shape index (κ1) is 11.0.